The van der Waals surface area contributed by atoms with Crippen LogP contribution in [0.1, 0.15) is 46.9 Å². The minimum absolute atomic E-state index is 0.0613. The average molecular weight is 423 g/mol. The van der Waals surface area contributed by atoms with Crippen LogP contribution in [0.5, 0.6) is 0 Å². The van der Waals surface area contributed by atoms with Crippen LogP contribution in [0.4, 0.5) is 0 Å². The Morgan fingerprint density at radius 2 is 1.73 bits per heavy atom. The first-order chi connectivity index (χ1) is 14.5. The number of para-hydroxylation sites is 1. The van der Waals surface area contributed by atoms with Crippen LogP contribution in [0.3, 0.4) is 0 Å². The van der Waals surface area contributed by atoms with Gasteiger partial charge in [-0.3, -0.25) is 9.59 Å². The van der Waals surface area contributed by atoms with Crippen molar-refractivity contribution in [3.63, 3.8) is 0 Å². The fourth-order valence-electron chi connectivity index (χ4n) is 4.49. The monoisotopic (exact) mass is 422 g/mol. The number of aromatic nitrogens is 1. The lowest BCUT2D eigenvalue weighted by Crippen LogP contribution is -2.37. The van der Waals surface area contributed by atoms with Gasteiger partial charge in [0.1, 0.15) is 0 Å². The van der Waals surface area contributed by atoms with Gasteiger partial charge in [-0.25, -0.2) is 0 Å². The molecule has 1 aliphatic rings. The molecular formula is C25H27ClN2O2. The molecule has 5 heteroatoms. The summed E-state index contributed by atoms with van der Waals surface area (Å²) in [7, 11) is 0. The first-order valence-corrected chi connectivity index (χ1v) is 11.0. The predicted molar refractivity (Wildman–Crippen MR) is 122 cm³/mol. The lowest BCUT2D eigenvalue weighted by atomic mass is 9.89. The SMILES string of the molecule is CC(=O)c1cn(CCCN2CCC(C(=O)c3ccccc3)CC2)c2c(Cl)cccc12. The van der Waals surface area contributed by atoms with Crippen LogP contribution in [0, 0.1) is 5.92 Å². The first-order valence-electron chi connectivity index (χ1n) is 10.6. The maximum absolute atomic E-state index is 12.7. The summed E-state index contributed by atoms with van der Waals surface area (Å²) in [6, 6.07) is 15.4. The molecule has 30 heavy (non-hydrogen) atoms. The molecular weight excluding hydrogens is 396 g/mol. The molecule has 0 spiro atoms. The molecule has 0 radical (unpaired) electrons. The van der Waals surface area contributed by atoms with Gasteiger partial charge in [-0.05, 0) is 51.9 Å². The van der Waals surface area contributed by atoms with Gasteiger partial charge in [-0.1, -0.05) is 54.1 Å². The van der Waals surface area contributed by atoms with Crippen LogP contribution < -0.4 is 0 Å². The van der Waals surface area contributed by atoms with Crippen LogP contribution >= 0.6 is 11.6 Å². The Bertz CT molecular complexity index is 1050. The lowest BCUT2D eigenvalue weighted by Gasteiger charge is -2.31. The molecule has 0 amide bonds. The van der Waals surface area contributed by atoms with E-state index in [1.807, 2.05) is 54.7 Å². The Hall–Kier alpha value is -2.43. The lowest BCUT2D eigenvalue weighted by molar-refractivity contribution is 0.0838. The van der Waals surface area contributed by atoms with Gasteiger partial charge >= 0.3 is 0 Å². The van der Waals surface area contributed by atoms with Crippen molar-refractivity contribution in [2.24, 2.45) is 5.92 Å². The van der Waals surface area contributed by atoms with E-state index in [1.54, 1.807) is 6.92 Å². The summed E-state index contributed by atoms with van der Waals surface area (Å²) >= 11 is 6.43. The van der Waals surface area contributed by atoms with Gasteiger partial charge in [0.2, 0.25) is 0 Å². The third-order valence-corrected chi connectivity index (χ3v) is 6.42. The van der Waals surface area contributed by atoms with Gasteiger partial charge < -0.3 is 9.47 Å². The highest BCUT2D eigenvalue weighted by Crippen LogP contribution is 2.29. The van der Waals surface area contributed by atoms with E-state index >= 15 is 0 Å². The number of hydrogen-bond donors (Lipinski definition) is 0. The maximum atomic E-state index is 12.7. The quantitative estimate of drug-likeness (QED) is 0.473. The summed E-state index contributed by atoms with van der Waals surface area (Å²) in [6.45, 7) is 5.30. The third-order valence-electron chi connectivity index (χ3n) is 6.12. The standard InChI is InChI=1S/C25H27ClN2O2/c1-18(29)22-17-28(24-21(22)9-5-10-23(24)26)14-6-13-27-15-11-20(12-16-27)25(30)19-7-3-2-4-8-19/h2-5,7-10,17,20H,6,11-16H2,1H3. The zero-order valence-electron chi connectivity index (χ0n) is 17.3. The number of likely N-dealkylation sites (tertiary alicyclic amines) is 1. The number of fused-ring (bicyclic) bond motifs is 1. The molecule has 0 bridgehead atoms. The van der Waals surface area contributed by atoms with Crippen LogP contribution in [0.2, 0.25) is 5.02 Å². The molecule has 0 saturated carbocycles. The van der Waals surface area contributed by atoms with E-state index < -0.39 is 0 Å². The molecule has 1 aromatic heterocycles. The maximum Gasteiger partial charge on any atom is 0.166 e. The fourth-order valence-corrected chi connectivity index (χ4v) is 4.78. The molecule has 0 N–H and O–H groups in total. The van der Waals surface area contributed by atoms with Crippen molar-refractivity contribution < 1.29 is 9.59 Å². The van der Waals surface area contributed by atoms with Crippen molar-refractivity contribution in [3.05, 3.63) is 70.9 Å². The van der Waals surface area contributed by atoms with E-state index in [2.05, 4.69) is 9.47 Å². The molecule has 2 aromatic carbocycles. The number of carbonyl (C=O) groups is 2. The van der Waals surface area contributed by atoms with Crippen LogP contribution in [0.15, 0.2) is 54.7 Å². The van der Waals surface area contributed by atoms with Crippen molar-refractivity contribution in [3.8, 4) is 0 Å². The van der Waals surface area contributed by atoms with E-state index in [0.717, 1.165) is 67.5 Å². The van der Waals surface area contributed by atoms with Crippen molar-refractivity contribution >= 4 is 34.1 Å². The highest BCUT2D eigenvalue weighted by molar-refractivity contribution is 6.35. The summed E-state index contributed by atoms with van der Waals surface area (Å²) < 4.78 is 2.11. The number of aryl methyl sites for hydroxylation is 1. The molecule has 1 saturated heterocycles. The van der Waals surface area contributed by atoms with E-state index in [9.17, 15) is 9.59 Å². The van der Waals surface area contributed by atoms with Gasteiger partial charge in [0.15, 0.2) is 11.6 Å². The van der Waals surface area contributed by atoms with E-state index in [1.165, 1.54) is 0 Å². The Kier molecular flexibility index (Phi) is 6.35. The summed E-state index contributed by atoms with van der Waals surface area (Å²) in [4.78, 5) is 27.1. The molecule has 2 heterocycles. The molecule has 156 valence electrons. The number of hydrogen-bond acceptors (Lipinski definition) is 3. The fraction of sp³-hybridized carbons (Fsp3) is 0.360. The van der Waals surface area contributed by atoms with Gasteiger partial charge in [0.05, 0.1) is 10.5 Å². The number of halogens is 1. The predicted octanol–water partition coefficient (Wildman–Crippen LogP) is 5.48. The average Bonchev–Trinajstić information content (AvgIpc) is 3.15. The number of rotatable bonds is 7. The van der Waals surface area contributed by atoms with Crippen LogP contribution in [-0.4, -0.2) is 40.7 Å². The largest absolute Gasteiger partial charge is 0.345 e. The van der Waals surface area contributed by atoms with Crippen molar-refractivity contribution in [2.75, 3.05) is 19.6 Å². The van der Waals surface area contributed by atoms with E-state index in [0.29, 0.717) is 5.02 Å². The Morgan fingerprint density at radius 1 is 1.00 bits per heavy atom. The Labute approximate surface area is 182 Å². The second-order valence-corrected chi connectivity index (χ2v) is 8.54. The van der Waals surface area contributed by atoms with Gasteiger partial charge in [0.25, 0.3) is 0 Å². The topological polar surface area (TPSA) is 42.3 Å². The van der Waals surface area contributed by atoms with Crippen molar-refractivity contribution in [2.45, 2.75) is 32.7 Å². The number of benzene rings is 2. The summed E-state index contributed by atoms with van der Waals surface area (Å²) in [5, 5.41) is 1.61. The number of ketones is 2. The summed E-state index contributed by atoms with van der Waals surface area (Å²) in [5.41, 5.74) is 2.50. The van der Waals surface area contributed by atoms with Gasteiger partial charge in [0, 0.05) is 35.2 Å². The van der Waals surface area contributed by atoms with Gasteiger partial charge in [-0.15, -0.1) is 0 Å². The zero-order chi connectivity index (χ0) is 21.1. The molecule has 0 aliphatic carbocycles. The second kappa shape index (κ2) is 9.15. The van der Waals surface area contributed by atoms with Crippen molar-refractivity contribution in [1.29, 1.82) is 0 Å². The molecule has 3 aromatic rings. The molecule has 0 atom stereocenters. The summed E-state index contributed by atoms with van der Waals surface area (Å²) in [6.07, 6.45) is 4.74. The first kappa shape index (κ1) is 20.8. The van der Waals surface area contributed by atoms with Crippen LogP contribution in [-0.2, 0) is 6.54 Å². The minimum Gasteiger partial charge on any atom is -0.345 e. The van der Waals surface area contributed by atoms with Gasteiger partial charge in [-0.2, -0.15) is 0 Å². The number of Topliss-reactive ketones (excluding diaryl/α,β-unsaturated/α-hetero) is 2. The van der Waals surface area contributed by atoms with E-state index in [4.69, 9.17) is 11.6 Å². The molecule has 4 nitrogen and oxygen atoms in total. The minimum atomic E-state index is 0.0613. The molecule has 1 fully saturated rings. The Morgan fingerprint density at radius 3 is 2.43 bits per heavy atom. The highest BCUT2D eigenvalue weighted by atomic mass is 35.5. The number of nitrogens with zero attached hydrogens (tertiary/aromatic N) is 2. The second-order valence-electron chi connectivity index (χ2n) is 8.13. The van der Waals surface area contributed by atoms with E-state index in [-0.39, 0.29) is 17.5 Å². The smallest absolute Gasteiger partial charge is 0.166 e. The number of piperidine rings is 1. The van der Waals surface area contributed by atoms with Crippen LogP contribution in [0.25, 0.3) is 10.9 Å². The third kappa shape index (κ3) is 4.35. The summed E-state index contributed by atoms with van der Waals surface area (Å²) in [5.74, 6) is 0.473. The van der Waals surface area contributed by atoms with Crippen molar-refractivity contribution in [1.82, 2.24) is 9.47 Å². The zero-order valence-corrected chi connectivity index (χ0v) is 18.1. The normalized spacial score (nSPS) is 15.5. The molecule has 4 rings (SSSR count). The molecule has 0 unspecified atom stereocenters. The highest BCUT2D eigenvalue weighted by Gasteiger charge is 2.25. The molecule has 1 aliphatic heterocycles. The number of carbonyl (C=O) groups excluding carboxylic acids is 2. The Balaban J connectivity index is 1.33.